The normalized spacial score (nSPS) is 19.4. The van der Waals surface area contributed by atoms with E-state index in [0.717, 1.165) is 18.8 Å². The van der Waals surface area contributed by atoms with Crippen molar-refractivity contribution in [3.05, 3.63) is 59.9 Å². The topological polar surface area (TPSA) is 25.4 Å². The molecular formula is C18H22N2O. The predicted molar refractivity (Wildman–Crippen MR) is 84.2 cm³/mol. The SMILES string of the molecule is COc1ccccc1CN1CCCC[C@H]1c1cccnc1. The number of pyridine rings is 1. The molecule has 0 radical (unpaired) electrons. The molecule has 1 atom stereocenters. The third kappa shape index (κ3) is 3.24. The Bertz CT molecular complexity index is 570. The summed E-state index contributed by atoms with van der Waals surface area (Å²) >= 11 is 0. The van der Waals surface area contributed by atoms with Gasteiger partial charge in [0.1, 0.15) is 5.75 Å². The summed E-state index contributed by atoms with van der Waals surface area (Å²) in [6, 6.07) is 13.0. The molecule has 0 N–H and O–H groups in total. The number of aromatic nitrogens is 1. The second kappa shape index (κ2) is 6.72. The smallest absolute Gasteiger partial charge is 0.123 e. The van der Waals surface area contributed by atoms with Crippen LogP contribution in [0.5, 0.6) is 5.75 Å². The van der Waals surface area contributed by atoms with Crippen LogP contribution in [0.3, 0.4) is 0 Å². The summed E-state index contributed by atoms with van der Waals surface area (Å²) in [4.78, 5) is 6.84. The molecule has 3 rings (SSSR count). The van der Waals surface area contributed by atoms with Gasteiger partial charge in [-0.1, -0.05) is 30.7 Å². The summed E-state index contributed by atoms with van der Waals surface area (Å²) in [5, 5.41) is 0. The molecular weight excluding hydrogens is 260 g/mol. The van der Waals surface area contributed by atoms with Crippen molar-refractivity contribution in [3.63, 3.8) is 0 Å². The molecule has 110 valence electrons. The van der Waals surface area contributed by atoms with Crippen LogP contribution in [0, 0.1) is 0 Å². The van der Waals surface area contributed by atoms with Crippen LogP contribution in [-0.2, 0) is 6.54 Å². The van der Waals surface area contributed by atoms with E-state index in [4.69, 9.17) is 4.74 Å². The number of hydrogen-bond donors (Lipinski definition) is 0. The van der Waals surface area contributed by atoms with Crippen molar-refractivity contribution in [1.29, 1.82) is 0 Å². The number of para-hydroxylation sites is 1. The van der Waals surface area contributed by atoms with E-state index in [9.17, 15) is 0 Å². The van der Waals surface area contributed by atoms with Crippen LogP contribution in [0.2, 0.25) is 0 Å². The highest BCUT2D eigenvalue weighted by molar-refractivity contribution is 5.33. The Morgan fingerprint density at radius 3 is 2.90 bits per heavy atom. The Hall–Kier alpha value is -1.87. The second-order valence-corrected chi connectivity index (χ2v) is 5.58. The highest BCUT2D eigenvalue weighted by Crippen LogP contribution is 2.33. The Kier molecular flexibility index (Phi) is 4.51. The number of rotatable bonds is 4. The zero-order valence-corrected chi connectivity index (χ0v) is 12.5. The van der Waals surface area contributed by atoms with Crippen molar-refractivity contribution in [2.24, 2.45) is 0 Å². The van der Waals surface area contributed by atoms with E-state index in [-0.39, 0.29) is 0 Å². The van der Waals surface area contributed by atoms with Gasteiger partial charge < -0.3 is 4.74 Å². The maximum absolute atomic E-state index is 5.49. The summed E-state index contributed by atoms with van der Waals surface area (Å²) in [5.41, 5.74) is 2.59. The van der Waals surface area contributed by atoms with E-state index in [1.165, 1.54) is 30.4 Å². The lowest BCUT2D eigenvalue weighted by atomic mass is 9.95. The Balaban J connectivity index is 1.82. The Morgan fingerprint density at radius 1 is 1.19 bits per heavy atom. The van der Waals surface area contributed by atoms with E-state index in [2.05, 4.69) is 28.1 Å². The quantitative estimate of drug-likeness (QED) is 0.852. The fourth-order valence-electron chi connectivity index (χ4n) is 3.18. The van der Waals surface area contributed by atoms with Gasteiger partial charge >= 0.3 is 0 Å². The molecule has 3 nitrogen and oxygen atoms in total. The predicted octanol–water partition coefficient (Wildman–Crippen LogP) is 3.82. The van der Waals surface area contributed by atoms with Gasteiger partial charge in [0.15, 0.2) is 0 Å². The Labute approximate surface area is 126 Å². The maximum atomic E-state index is 5.49. The third-order valence-electron chi connectivity index (χ3n) is 4.25. The van der Waals surface area contributed by atoms with Crippen molar-refractivity contribution in [3.8, 4) is 5.75 Å². The van der Waals surface area contributed by atoms with Crippen LogP contribution >= 0.6 is 0 Å². The van der Waals surface area contributed by atoms with Crippen molar-refractivity contribution >= 4 is 0 Å². The van der Waals surface area contributed by atoms with Gasteiger partial charge in [0, 0.05) is 30.5 Å². The first-order valence-corrected chi connectivity index (χ1v) is 7.64. The first-order valence-electron chi connectivity index (χ1n) is 7.64. The summed E-state index contributed by atoms with van der Waals surface area (Å²) in [6.07, 6.45) is 7.62. The first kappa shape index (κ1) is 14.1. The van der Waals surface area contributed by atoms with Crippen molar-refractivity contribution in [2.45, 2.75) is 31.8 Å². The molecule has 2 heterocycles. The molecule has 2 aromatic rings. The lowest BCUT2D eigenvalue weighted by Gasteiger charge is -2.36. The molecule has 0 amide bonds. The van der Waals surface area contributed by atoms with E-state index >= 15 is 0 Å². The van der Waals surface area contributed by atoms with Crippen LogP contribution in [-0.4, -0.2) is 23.5 Å². The molecule has 1 fully saturated rings. The number of ether oxygens (including phenoxy) is 1. The lowest BCUT2D eigenvalue weighted by molar-refractivity contribution is 0.139. The number of hydrogen-bond acceptors (Lipinski definition) is 3. The highest BCUT2D eigenvalue weighted by Gasteiger charge is 2.24. The summed E-state index contributed by atoms with van der Waals surface area (Å²) in [5.74, 6) is 0.980. The molecule has 3 heteroatoms. The zero-order chi connectivity index (χ0) is 14.5. The van der Waals surface area contributed by atoms with Gasteiger partial charge in [0.2, 0.25) is 0 Å². The molecule has 0 unspecified atom stereocenters. The highest BCUT2D eigenvalue weighted by atomic mass is 16.5. The standard InChI is InChI=1S/C18H22N2O/c1-21-18-10-3-2-7-16(18)14-20-12-5-4-9-17(20)15-8-6-11-19-13-15/h2-3,6-8,10-11,13,17H,4-5,9,12,14H2,1H3/t17-/m0/s1. The number of nitrogens with zero attached hydrogens (tertiary/aromatic N) is 2. The van der Waals surface area contributed by atoms with Gasteiger partial charge in [0.05, 0.1) is 7.11 Å². The van der Waals surface area contributed by atoms with Gasteiger partial charge in [-0.05, 0) is 37.1 Å². The molecule has 0 spiro atoms. The molecule has 1 aromatic heterocycles. The minimum absolute atomic E-state index is 0.470. The van der Waals surface area contributed by atoms with Crippen LogP contribution in [0.1, 0.15) is 36.4 Å². The number of methoxy groups -OCH3 is 1. The average Bonchev–Trinajstić information content (AvgIpc) is 2.57. The molecule has 0 bridgehead atoms. The van der Waals surface area contributed by atoms with Gasteiger partial charge in [-0.2, -0.15) is 0 Å². The minimum Gasteiger partial charge on any atom is -0.496 e. The van der Waals surface area contributed by atoms with Crippen LogP contribution in [0.15, 0.2) is 48.8 Å². The van der Waals surface area contributed by atoms with Gasteiger partial charge in [0.25, 0.3) is 0 Å². The lowest BCUT2D eigenvalue weighted by Crippen LogP contribution is -2.33. The summed E-state index contributed by atoms with van der Waals surface area (Å²) in [7, 11) is 1.74. The van der Waals surface area contributed by atoms with Gasteiger partial charge in [-0.3, -0.25) is 9.88 Å². The fraction of sp³-hybridized carbons (Fsp3) is 0.389. The van der Waals surface area contributed by atoms with Gasteiger partial charge in [-0.15, -0.1) is 0 Å². The number of benzene rings is 1. The molecule has 0 saturated carbocycles. The second-order valence-electron chi connectivity index (χ2n) is 5.58. The van der Waals surface area contributed by atoms with Crippen molar-refractivity contribution in [1.82, 2.24) is 9.88 Å². The largest absolute Gasteiger partial charge is 0.496 e. The van der Waals surface area contributed by atoms with E-state index in [0.29, 0.717) is 6.04 Å². The maximum Gasteiger partial charge on any atom is 0.123 e. The van der Waals surface area contributed by atoms with Gasteiger partial charge in [-0.25, -0.2) is 0 Å². The molecule has 0 aliphatic carbocycles. The minimum atomic E-state index is 0.470. The molecule has 1 aliphatic heterocycles. The van der Waals surface area contributed by atoms with Crippen molar-refractivity contribution in [2.75, 3.05) is 13.7 Å². The van der Waals surface area contributed by atoms with Crippen LogP contribution in [0.25, 0.3) is 0 Å². The van der Waals surface area contributed by atoms with Crippen LogP contribution in [0.4, 0.5) is 0 Å². The van der Waals surface area contributed by atoms with Crippen LogP contribution < -0.4 is 4.74 Å². The third-order valence-corrected chi connectivity index (χ3v) is 4.25. The summed E-state index contributed by atoms with van der Waals surface area (Å²) in [6.45, 7) is 2.07. The average molecular weight is 282 g/mol. The van der Waals surface area contributed by atoms with E-state index in [1.54, 1.807) is 7.11 Å². The molecule has 21 heavy (non-hydrogen) atoms. The number of piperidine rings is 1. The Morgan fingerprint density at radius 2 is 2.10 bits per heavy atom. The van der Waals surface area contributed by atoms with Crippen molar-refractivity contribution < 1.29 is 4.74 Å². The molecule has 1 aliphatic rings. The zero-order valence-electron chi connectivity index (χ0n) is 12.5. The monoisotopic (exact) mass is 282 g/mol. The molecule has 1 aromatic carbocycles. The van der Waals surface area contributed by atoms with E-state index in [1.807, 2.05) is 30.6 Å². The van der Waals surface area contributed by atoms with E-state index < -0.39 is 0 Å². The fourth-order valence-corrected chi connectivity index (χ4v) is 3.18. The molecule has 1 saturated heterocycles. The first-order chi connectivity index (χ1) is 10.4. The summed E-state index contributed by atoms with van der Waals surface area (Å²) < 4.78 is 5.49. The number of likely N-dealkylation sites (tertiary alicyclic amines) is 1.